The van der Waals surface area contributed by atoms with E-state index in [1.54, 1.807) is 42.5 Å². The Morgan fingerprint density at radius 1 is 0.862 bits per heavy atom. The molecule has 0 spiro atoms. The van der Waals surface area contributed by atoms with Gasteiger partial charge >= 0.3 is 5.97 Å². The fraction of sp³-hybridized carbons (Fsp3) is 0. The van der Waals surface area contributed by atoms with Gasteiger partial charge in [-0.2, -0.15) is 0 Å². The van der Waals surface area contributed by atoms with Gasteiger partial charge in [-0.3, -0.25) is 4.79 Å². The average Bonchev–Trinajstić information content (AvgIpc) is 2.72. The Labute approximate surface area is 164 Å². The predicted molar refractivity (Wildman–Crippen MR) is 112 cm³/mol. The number of carboxylic acid groups (broad SMARTS) is 1. The molecule has 1 aromatic heterocycles. The van der Waals surface area contributed by atoms with Crippen LogP contribution in [0.2, 0.25) is 0 Å². The van der Waals surface area contributed by atoms with E-state index in [-0.39, 0.29) is 16.7 Å². The maximum atomic E-state index is 12.6. The first-order valence-corrected chi connectivity index (χ1v) is 8.98. The van der Waals surface area contributed by atoms with Gasteiger partial charge in [-0.25, -0.2) is 4.79 Å². The zero-order valence-corrected chi connectivity index (χ0v) is 15.0. The van der Waals surface area contributed by atoms with E-state index < -0.39 is 5.97 Å². The monoisotopic (exact) mass is 382 g/mol. The minimum absolute atomic E-state index is 0.0513. The molecule has 0 saturated heterocycles. The predicted octanol–water partition coefficient (Wildman–Crippen LogP) is 5.17. The van der Waals surface area contributed by atoms with Gasteiger partial charge in [0.2, 0.25) is 0 Å². The van der Waals surface area contributed by atoms with Gasteiger partial charge in [0.1, 0.15) is 16.9 Å². The van der Waals surface area contributed by atoms with Crippen molar-refractivity contribution >= 4 is 38.7 Å². The summed E-state index contributed by atoms with van der Waals surface area (Å²) in [7, 11) is 0. The van der Waals surface area contributed by atoms with Crippen LogP contribution in [0.15, 0.2) is 82.0 Å². The van der Waals surface area contributed by atoms with E-state index >= 15 is 0 Å². The second-order valence-electron chi connectivity index (χ2n) is 6.84. The summed E-state index contributed by atoms with van der Waals surface area (Å²) in [5.74, 6) is -0.948. The summed E-state index contributed by atoms with van der Waals surface area (Å²) in [6, 6.07) is 20.2. The van der Waals surface area contributed by atoms with E-state index in [0.29, 0.717) is 16.6 Å². The molecule has 5 heteroatoms. The molecule has 1 heterocycles. The maximum Gasteiger partial charge on any atom is 0.335 e. The van der Waals surface area contributed by atoms with Crippen LogP contribution < -0.4 is 5.43 Å². The van der Waals surface area contributed by atoms with Crippen LogP contribution in [0.3, 0.4) is 0 Å². The topological polar surface area (TPSA) is 87.7 Å². The van der Waals surface area contributed by atoms with E-state index in [9.17, 15) is 19.8 Å². The first kappa shape index (κ1) is 17.0. The Hall–Kier alpha value is -4.12. The molecule has 5 nitrogen and oxygen atoms in total. The van der Waals surface area contributed by atoms with Crippen molar-refractivity contribution in [2.45, 2.75) is 0 Å². The molecule has 140 valence electrons. The van der Waals surface area contributed by atoms with Crippen LogP contribution in [0, 0.1) is 0 Å². The first-order valence-electron chi connectivity index (χ1n) is 8.98. The molecule has 0 aliphatic heterocycles. The first-order chi connectivity index (χ1) is 14.0. The molecule has 0 saturated carbocycles. The van der Waals surface area contributed by atoms with E-state index in [2.05, 4.69) is 0 Å². The number of fused-ring (bicyclic) bond motifs is 4. The van der Waals surface area contributed by atoms with Crippen molar-refractivity contribution in [2.24, 2.45) is 0 Å². The summed E-state index contributed by atoms with van der Waals surface area (Å²) in [5.41, 5.74) is 2.50. The molecule has 4 aromatic carbocycles. The van der Waals surface area contributed by atoms with E-state index in [1.165, 1.54) is 12.1 Å². The van der Waals surface area contributed by atoms with E-state index in [4.69, 9.17) is 4.42 Å². The standard InChI is InChI=1S/C24H14O5/c25-16-9-11-17-20(12-16)29-23-18(10-8-13-2-1-3-19(26)22(13)23)21(17)14-4-6-15(7-5-14)24(27)28/h1-12,25H,(H,27,28). The lowest BCUT2D eigenvalue weighted by Gasteiger charge is -2.13. The number of hydrogen-bond donors (Lipinski definition) is 2. The van der Waals surface area contributed by atoms with Crippen molar-refractivity contribution in [1.29, 1.82) is 0 Å². The van der Waals surface area contributed by atoms with Crippen molar-refractivity contribution in [1.82, 2.24) is 0 Å². The fourth-order valence-electron chi connectivity index (χ4n) is 3.76. The van der Waals surface area contributed by atoms with Gasteiger partial charge < -0.3 is 14.6 Å². The molecule has 0 radical (unpaired) electrons. The number of hydrogen-bond acceptors (Lipinski definition) is 4. The molecule has 0 amide bonds. The summed E-state index contributed by atoms with van der Waals surface area (Å²) in [5, 5.41) is 21.9. The van der Waals surface area contributed by atoms with Gasteiger partial charge in [-0.1, -0.05) is 30.3 Å². The summed E-state index contributed by atoms with van der Waals surface area (Å²) >= 11 is 0. The number of phenols is 1. The van der Waals surface area contributed by atoms with Gasteiger partial charge in [-0.05, 0) is 47.3 Å². The summed E-state index contributed by atoms with van der Waals surface area (Å²) in [6.45, 7) is 0. The largest absolute Gasteiger partial charge is 0.508 e. The number of phenolic OH excluding ortho intramolecular Hbond substituents is 1. The zero-order valence-electron chi connectivity index (χ0n) is 15.0. The Balaban J connectivity index is 1.97. The van der Waals surface area contributed by atoms with E-state index in [1.807, 2.05) is 18.2 Å². The normalized spacial score (nSPS) is 11.3. The lowest BCUT2D eigenvalue weighted by Crippen LogP contribution is -1.99. The van der Waals surface area contributed by atoms with Crippen LogP contribution in [0.25, 0.3) is 43.8 Å². The van der Waals surface area contributed by atoms with Gasteiger partial charge in [0.25, 0.3) is 0 Å². The van der Waals surface area contributed by atoms with Crippen LogP contribution in [0.5, 0.6) is 5.75 Å². The van der Waals surface area contributed by atoms with Crippen molar-refractivity contribution in [3.63, 3.8) is 0 Å². The molecule has 0 aliphatic rings. The van der Waals surface area contributed by atoms with Crippen LogP contribution in [0.1, 0.15) is 10.4 Å². The molecule has 2 N–H and O–H groups in total. The number of aromatic carboxylic acids is 1. The zero-order chi connectivity index (χ0) is 20.1. The van der Waals surface area contributed by atoms with Crippen LogP contribution in [-0.4, -0.2) is 16.2 Å². The van der Waals surface area contributed by atoms with Gasteiger partial charge in [0.05, 0.1) is 10.9 Å². The van der Waals surface area contributed by atoms with Gasteiger partial charge in [-0.15, -0.1) is 0 Å². The summed E-state index contributed by atoms with van der Waals surface area (Å²) in [6.07, 6.45) is 0. The molecule has 0 aliphatic carbocycles. The second kappa shape index (κ2) is 6.21. The highest BCUT2D eigenvalue weighted by molar-refractivity contribution is 6.15. The number of rotatable bonds is 2. The third-order valence-electron chi connectivity index (χ3n) is 5.10. The minimum Gasteiger partial charge on any atom is -0.508 e. The fourth-order valence-corrected chi connectivity index (χ4v) is 3.76. The highest BCUT2D eigenvalue weighted by atomic mass is 16.4. The molecular weight excluding hydrogens is 368 g/mol. The van der Waals surface area contributed by atoms with Crippen molar-refractivity contribution in [3.8, 4) is 16.9 Å². The Bertz CT molecular complexity index is 1490. The highest BCUT2D eigenvalue weighted by Crippen LogP contribution is 2.39. The number of aromatic hydroxyl groups is 1. The summed E-state index contributed by atoms with van der Waals surface area (Å²) < 4.78 is 6.09. The number of carbonyl (C=O) groups is 1. The number of carboxylic acids is 1. The quantitative estimate of drug-likeness (QED) is 0.325. The molecule has 0 bridgehead atoms. The van der Waals surface area contributed by atoms with Gasteiger partial charge in [0.15, 0.2) is 5.43 Å². The third-order valence-corrected chi connectivity index (χ3v) is 5.10. The second-order valence-corrected chi connectivity index (χ2v) is 6.84. The van der Waals surface area contributed by atoms with Crippen molar-refractivity contribution in [2.75, 3.05) is 0 Å². The van der Waals surface area contributed by atoms with Crippen LogP contribution in [0.4, 0.5) is 0 Å². The molecule has 0 atom stereocenters. The lowest BCUT2D eigenvalue weighted by atomic mass is 9.94. The van der Waals surface area contributed by atoms with Crippen molar-refractivity contribution in [3.05, 3.63) is 88.6 Å². The molecule has 5 aromatic rings. The Morgan fingerprint density at radius 2 is 1.62 bits per heavy atom. The highest BCUT2D eigenvalue weighted by Gasteiger charge is 2.16. The smallest absolute Gasteiger partial charge is 0.335 e. The lowest BCUT2D eigenvalue weighted by molar-refractivity contribution is 0.0697. The van der Waals surface area contributed by atoms with Gasteiger partial charge in [0, 0.05) is 22.4 Å². The molecule has 29 heavy (non-hydrogen) atoms. The molecular formula is C24H14O5. The van der Waals surface area contributed by atoms with Crippen molar-refractivity contribution < 1.29 is 19.4 Å². The summed E-state index contributed by atoms with van der Waals surface area (Å²) in [4.78, 5) is 23.8. The van der Waals surface area contributed by atoms with Crippen LogP contribution in [-0.2, 0) is 0 Å². The van der Waals surface area contributed by atoms with Crippen LogP contribution >= 0.6 is 0 Å². The Morgan fingerprint density at radius 3 is 2.38 bits per heavy atom. The van der Waals surface area contributed by atoms with E-state index in [0.717, 1.165) is 27.3 Å². The average molecular weight is 382 g/mol. The molecule has 5 rings (SSSR count). The SMILES string of the molecule is O=C(O)c1ccc(-c2c3ccc(O)cc3oc3c2ccc2cccc(=O)c23)cc1. The Kier molecular flexibility index (Phi) is 3.64. The maximum absolute atomic E-state index is 12.6. The third kappa shape index (κ3) is 2.63. The minimum atomic E-state index is -0.999. The molecule has 0 unspecified atom stereocenters. The number of benzene rings is 4. The molecule has 0 fully saturated rings.